The van der Waals surface area contributed by atoms with Crippen molar-refractivity contribution in [3.8, 4) is 0 Å². The first kappa shape index (κ1) is 18.2. The summed E-state index contributed by atoms with van der Waals surface area (Å²) < 4.78 is 4.04. The summed E-state index contributed by atoms with van der Waals surface area (Å²) in [4.78, 5) is 13.1. The van der Waals surface area contributed by atoms with E-state index in [9.17, 15) is 4.79 Å². The molecule has 1 aliphatic carbocycles. The van der Waals surface area contributed by atoms with Gasteiger partial charge in [-0.15, -0.1) is 10.2 Å². The van der Waals surface area contributed by atoms with E-state index in [1.165, 1.54) is 12.1 Å². The van der Waals surface area contributed by atoms with Gasteiger partial charge in [0.15, 0.2) is 11.5 Å². The van der Waals surface area contributed by atoms with E-state index in [1.807, 2.05) is 11.7 Å². The highest BCUT2D eigenvalue weighted by atomic mass is 16.2. The molecule has 2 aromatic heterocycles. The van der Waals surface area contributed by atoms with Gasteiger partial charge < -0.3 is 15.2 Å². The minimum Gasteiger partial charge on any atom is -0.340 e. The van der Waals surface area contributed by atoms with E-state index < -0.39 is 0 Å². The first-order chi connectivity index (χ1) is 13.1. The van der Waals surface area contributed by atoms with Crippen LogP contribution in [0.5, 0.6) is 0 Å². The van der Waals surface area contributed by atoms with Gasteiger partial charge in [0.25, 0.3) is 5.91 Å². The third-order valence-corrected chi connectivity index (χ3v) is 5.71. The van der Waals surface area contributed by atoms with E-state index in [0.29, 0.717) is 5.69 Å². The third-order valence-electron chi connectivity index (χ3n) is 5.71. The summed E-state index contributed by atoms with van der Waals surface area (Å²) in [6, 6.07) is -0.182. The summed E-state index contributed by atoms with van der Waals surface area (Å²) in [6.45, 7) is 6.85. The molecule has 1 amide bonds. The number of nitrogens with one attached hydrogen (secondary N) is 2. The van der Waals surface area contributed by atoms with Crippen molar-refractivity contribution < 1.29 is 4.79 Å². The largest absolute Gasteiger partial charge is 0.340 e. The van der Waals surface area contributed by atoms with Crippen molar-refractivity contribution >= 4 is 5.91 Å². The van der Waals surface area contributed by atoms with Crippen molar-refractivity contribution in [1.29, 1.82) is 0 Å². The third kappa shape index (κ3) is 3.38. The van der Waals surface area contributed by atoms with Gasteiger partial charge in [-0.3, -0.25) is 9.48 Å². The molecule has 0 fully saturated rings. The molecule has 1 aliphatic heterocycles. The molecule has 1 unspecified atom stereocenters. The maximum Gasteiger partial charge on any atom is 0.272 e. The Hall–Kier alpha value is -2.22. The number of nitrogens with zero attached hydrogens (tertiary/aromatic N) is 5. The molecule has 1 atom stereocenters. The summed E-state index contributed by atoms with van der Waals surface area (Å²) in [6.07, 6.45) is 5.09. The van der Waals surface area contributed by atoms with Crippen molar-refractivity contribution in [1.82, 2.24) is 35.2 Å². The van der Waals surface area contributed by atoms with E-state index >= 15 is 0 Å². The fourth-order valence-electron chi connectivity index (χ4n) is 4.22. The molecule has 27 heavy (non-hydrogen) atoms. The Bertz CT molecular complexity index is 835. The molecule has 0 radical (unpaired) electrons. The van der Waals surface area contributed by atoms with Crippen LogP contribution >= 0.6 is 0 Å². The molecule has 8 heteroatoms. The van der Waals surface area contributed by atoms with Crippen LogP contribution in [0.1, 0.15) is 66.1 Å². The van der Waals surface area contributed by atoms with Crippen LogP contribution in [0, 0.1) is 5.92 Å². The van der Waals surface area contributed by atoms with Crippen LogP contribution in [-0.4, -0.2) is 43.5 Å². The molecule has 0 aromatic carbocycles. The van der Waals surface area contributed by atoms with Crippen LogP contribution in [0.3, 0.4) is 0 Å². The number of fused-ring (bicyclic) bond motifs is 2. The summed E-state index contributed by atoms with van der Waals surface area (Å²) in [5.41, 5.74) is 2.90. The van der Waals surface area contributed by atoms with Crippen LogP contribution in [0.2, 0.25) is 0 Å². The molecule has 146 valence electrons. The maximum atomic E-state index is 13.1. The second-order valence-electron chi connectivity index (χ2n) is 7.93. The van der Waals surface area contributed by atoms with Gasteiger partial charge in [-0.2, -0.15) is 5.10 Å². The van der Waals surface area contributed by atoms with Crippen LogP contribution in [-0.2, 0) is 32.9 Å². The highest BCUT2D eigenvalue weighted by molar-refractivity contribution is 5.94. The smallest absolute Gasteiger partial charge is 0.272 e. The minimum absolute atomic E-state index is 0.100. The molecule has 4 rings (SSSR count). The molecular weight excluding hydrogens is 342 g/mol. The Balaban J connectivity index is 1.62. The van der Waals surface area contributed by atoms with E-state index in [0.717, 1.165) is 62.5 Å². The minimum atomic E-state index is -0.182. The van der Waals surface area contributed by atoms with Gasteiger partial charge in [0.2, 0.25) is 0 Å². The molecule has 8 nitrogen and oxygen atoms in total. The predicted octanol–water partition coefficient (Wildman–Crippen LogP) is 1.16. The molecule has 0 saturated heterocycles. The van der Waals surface area contributed by atoms with Gasteiger partial charge in [-0.1, -0.05) is 13.8 Å². The Morgan fingerprint density at radius 2 is 1.96 bits per heavy atom. The monoisotopic (exact) mass is 371 g/mol. The summed E-state index contributed by atoms with van der Waals surface area (Å²) >= 11 is 0. The number of rotatable bonds is 4. The van der Waals surface area contributed by atoms with Crippen molar-refractivity contribution in [2.75, 3.05) is 13.1 Å². The van der Waals surface area contributed by atoms with Crippen molar-refractivity contribution in [2.24, 2.45) is 13.0 Å². The second kappa shape index (κ2) is 7.42. The number of aromatic nitrogens is 5. The lowest BCUT2D eigenvalue weighted by Gasteiger charge is -2.22. The van der Waals surface area contributed by atoms with Gasteiger partial charge in [0.1, 0.15) is 5.82 Å². The molecular formula is C19H29N7O. The molecule has 2 aliphatic rings. The zero-order valence-corrected chi connectivity index (χ0v) is 16.5. The van der Waals surface area contributed by atoms with Gasteiger partial charge in [-0.25, -0.2) is 0 Å². The number of aryl methyl sites for hydroxylation is 1. The van der Waals surface area contributed by atoms with E-state index in [4.69, 9.17) is 0 Å². The Kier molecular flexibility index (Phi) is 4.99. The van der Waals surface area contributed by atoms with Gasteiger partial charge in [0, 0.05) is 44.4 Å². The normalized spacial score (nSPS) is 17.9. The molecule has 0 spiro atoms. The first-order valence-electron chi connectivity index (χ1n) is 10.0. The van der Waals surface area contributed by atoms with Gasteiger partial charge in [-0.05, 0) is 31.6 Å². The van der Waals surface area contributed by atoms with Gasteiger partial charge in [0.05, 0.1) is 6.04 Å². The molecule has 3 heterocycles. The van der Waals surface area contributed by atoms with E-state index in [2.05, 4.69) is 44.3 Å². The van der Waals surface area contributed by atoms with E-state index in [-0.39, 0.29) is 17.9 Å². The average Bonchev–Trinajstić information content (AvgIpc) is 3.12. The molecule has 0 bridgehead atoms. The highest BCUT2D eigenvalue weighted by Crippen LogP contribution is 2.26. The van der Waals surface area contributed by atoms with Gasteiger partial charge >= 0.3 is 0 Å². The second-order valence-corrected chi connectivity index (χ2v) is 7.93. The Labute approximate surface area is 159 Å². The average molecular weight is 371 g/mol. The van der Waals surface area contributed by atoms with Crippen molar-refractivity contribution in [3.05, 3.63) is 28.6 Å². The summed E-state index contributed by atoms with van der Waals surface area (Å²) in [5.74, 6) is 1.95. The number of hydrogen-bond acceptors (Lipinski definition) is 5. The SMILES string of the molecule is CC(C)C(NC(=O)c1nn(C)c2c1CCCC2)c1nnc2n1CCNCC2. The lowest BCUT2D eigenvalue weighted by atomic mass is 9.95. The van der Waals surface area contributed by atoms with Crippen molar-refractivity contribution in [2.45, 2.75) is 58.5 Å². The number of carbonyl (C=O) groups excluding carboxylic acids is 1. The zero-order chi connectivity index (χ0) is 19.0. The van der Waals surface area contributed by atoms with Crippen LogP contribution < -0.4 is 10.6 Å². The van der Waals surface area contributed by atoms with Crippen molar-refractivity contribution in [3.63, 3.8) is 0 Å². The van der Waals surface area contributed by atoms with Crippen LogP contribution in [0.4, 0.5) is 0 Å². The van der Waals surface area contributed by atoms with E-state index in [1.54, 1.807) is 0 Å². The fourth-order valence-corrected chi connectivity index (χ4v) is 4.22. The highest BCUT2D eigenvalue weighted by Gasteiger charge is 2.30. The predicted molar refractivity (Wildman–Crippen MR) is 101 cm³/mol. The standard InChI is InChI=1S/C19H29N7O/c1-12(2)16(18-23-22-15-8-9-20-10-11-26(15)18)21-19(27)17-13-6-4-5-7-14(13)25(3)24-17/h12,16,20H,4-11H2,1-3H3,(H,21,27). The zero-order valence-electron chi connectivity index (χ0n) is 16.5. The Morgan fingerprint density at radius 1 is 1.15 bits per heavy atom. The first-order valence-corrected chi connectivity index (χ1v) is 10.0. The summed E-state index contributed by atoms with van der Waals surface area (Å²) in [7, 11) is 1.94. The van der Waals surface area contributed by atoms with Crippen LogP contribution in [0.25, 0.3) is 0 Å². The maximum absolute atomic E-state index is 13.1. The number of hydrogen-bond donors (Lipinski definition) is 2. The lowest BCUT2D eigenvalue weighted by Crippen LogP contribution is -2.35. The molecule has 2 N–H and O–H groups in total. The number of carbonyl (C=O) groups is 1. The molecule has 0 saturated carbocycles. The Morgan fingerprint density at radius 3 is 2.78 bits per heavy atom. The fraction of sp³-hybridized carbons (Fsp3) is 0.684. The quantitative estimate of drug-likeness (QED) is 0.842. The molecule has 2 aromatic rings. The summed E-state index contributed by atoms with van der Waals surface area (Å²) in [5, 5.41) is 20.0. The van der Waals surface area contributed by atoms with Crippen LogP contribution in [0.15, 0.2) is 0 Å². The number of amides is 1. The topological polar surface area (TPSA) is 89.7 Å². The lowest BCUT2D eigenvalue weighted by molar-refractivity contribution is 0.0915.